The molecule has 0 aliphatic carbocycles. The smallest absolute Gasteiger partial charge is 0.145 e. The summed E-state index contributed by atoms with van der Waals surface area (Å²) in [6, 6.07) is 24.8. The molecule has 4 aromatic rings. The summed E-state index contributed by atoms with van der Waals surface area (Å²) in [6.07, 6.45) is 3.00. The van der Waals surface area contributed by atoms with Crippen molar-refractivity contribution in [3.63, 3.8) is 0 Å². The third-order valence-electron chi connectivity index (χ3n) is 7.83. The molecule has 212 valence electrons. The van der Waals surface area contributed by atoms with E-state index in [2.05, 4.69) is 61.4 Å². The fourth-order valence-corrected chi connectivity index (χ4v) is 5.94. The number of aliphatic imine (C=N–C) groups is 1. The highest BCUT2D eigenvalue weighted by molar-refractivity contribution is 6.30. The summed E-state index contributed by atoms with van der Waals surface area (Å²) < 4.78 is 0. The molecule has 0 spiro atoms. The molecule has 0 atom stereocenters. The second-order valence-corrected chi connectivity index (χ2v) is 11.5. The quantitative estimate of drug-likeness (QED) is 0.230. The van der Waals surface area contributed by atoms with Gasteiger partial charge in [0.2, 0.25) is 0 Å². The first-order valence-corrected chi connectivity index (χ1v) is 15.1. The van der Waals surface area contributed by atoms with E-state index in [4.69, 9.17) is 33.2 Å². The normalized spacial score (nSPS) is 16.2. The fraction of sp³-hybridized carbons (Fsp3) is 0.344. The van der Waals surface area contributed by atoms with E-state index in [0.717, 1.165) is 97.9 Å². The molecule has 0 bridgehead atoms. The van der Waals surface area contributed by atoms with Gasteiger partial charge in [0.05, 0.1) is 31.0 Å². The van der Waals surface area contributed by atoms with Crippen molar-refractivity contribution < 1.29 is 0 Å². The van der Waals surface area contributed by atoms with Gasteiger partial charge in [0.15, 0.2) is 0 Å². The standard InChI is InChI=1S/C32H35Cl2N7/c33-26-10-6-24(7-11-26)31(25-8-12-27(34)13-9-25)41-20-18-39(19-21-41)22-30-37-29-5-2-1-4-28(29)32(38-30)36-14-3-16-40-17-15-35-23-40/h1-2,4-13,23,31H,3,14-22H2,(H,36,37,38). The van der Waals surface area contributed by atoms with Crippen LogP contribution in [0.5, 0.6) is 0 Å². The Hall–Kier alpha value is -3.23. The molecular formula is C32H35Cl2N7. The van der Waals surface area contributed by atoms with Crippen LogP contribution in [0, 0.1) is 0 Å². The van der Waals surface area contributed by atoms with Crippen molar-refractivity contribution in [2.45, 2.75) is 19.0 Å². The predicted molar refractivity (Wildman–Crippen MR) is 169 cm³/mol. The van der Waals surface area contributed by atoms with Crippen LogP contribution in [0.1, 0.15) is 29.4 Å². The van der Waals surface area contributed by atoms with Gasteiger partial charge in [-0.3, -0.25) is 14.8 Å². The highest BCUT2D eigenvalue weighted by atomic mass is 35.5. The monoisotopic (exact) mass is 587 g/mol. The van der Waals surface area contributed by atoms with Crippen molar-refractivity contribution in [2.24, 2.45) is 4.99 Å². The lowest BCUT2D eigenvalue weighted by Crippen LogP contribution is -2.47. The molecule has 9 heteroatoms. The van der Waals surface area contributed by atoms with E-state index in [1.54, 1.807) is 0 Å². The Bertz CT molecular complexity index is 1420. The number of para-hydroxylation sites is 1. The number of benzene rings is 3. The minimum absolute atomic E-state index is 0.145. The first-order valence-electron chi connectivity index (χ1n) is 14.3. The van der Waals surface area contributed by atoms with Crippen molar-refractivity contribution in [3.05, 3.63) is 99.8 Å². The minimum Gasteiger partial charge on any atom is -0.369 e. The van der Waals surface area contributed by atoms with Crippen molar-refractivity contribution in [2.75, 3.05) is 57.7 Å². The summed E-state index contributed by atoms with van der Waals surface area (Å²) in [6.45, 7) is 8.28. The van der Waals surface area contributed by atoms with Gasteiger partial charge in [0, 0.05) is 61.2 Å². The molecule has 0 unspecified atom stereocenters. The maximum absolute atomic E-state index is 6.21. The van der Waals surface area contributed by atoms with Crippen molar-refractivity contribution in [1.82, 2.24) is 24.7 Å². The SMILES string of the molecule is Clc1ccc(C(c2ccc(Cl)cc2)N2CCN(Cc3nc(NCCCN4C=NCC4)c4ccccc4n3)CC2)cc1. The Morgan fingerprint density at radius 2 is 1.46 bits per heavy atom. The molecule has 2 aliphatic heterocycles. The van der Waals surface area contributed by atoms with E-state index in [-0.39, 0.29) is 6.04 Å². The van der Waals surface area contributed by atoms with Gasteiger partial charge in [-0.25, -0.2) is 9.97 Å². The molecule has 1 fully saturated rings. The van der Waals surface area contributed by atoms with Crippen LogP contribution >= 0.6 is 23.2 Å². The van der Waals surface area contributed by atoms with Crippen LogP contribution in [0.4, 0.5) is 5.82 Å². The summed E-state index contributed by atoms with van der Waals surface area (Å²) >= 11 is 12.4. The van der Waals surface area contributed by atoms with Crippen LogP contribution in [-0.4, -0.2) is 83.4 Å². The fourth-order valence-electron chi connectivity index (χ4n) is 5.69. The first kappa shape index (κ1) is 27.9. The van der Waals surface area contributed by atoms with Crippen LogP contribution in [0.2, 0.25) is 10.0 Å². The molecule has 0 saturated carbocycles. The molecule has 1 saturated heterocycles. The molecular weight excluding hydrogens is 553 g/mol. The third kappa shape index (κ3) is 6.99. The third-order valence-corrected chi connectivity index (χ3v) is 8.34. The number of nitrogens with one attached hydrogen (secondary N) is 1. The molecule has 6 rings (SSSR count). The molecule has 7 nitrogen and oxygen atoms in total. The van der Waals surface area contributed by atoms with Gasteiger partial charge in [0.1, 0.15) is 11.6 Å². The van der Waals surface area contributed by atoms with Gasteiger partial charge >= 0.3 is 0 Å². The van der Waals surface area contributed by atoms with Gasteiger partial charge in [-0.2, -0.15) is 0 Å². The average Bonchev–Trinajstić information content (AvgIpc) is 3.52. The molecule has 41 heavy (non-hydrogen) atoms. The van der Waals surface area contributed by atoms with E-state index >= 15 is 0 Å². The molecule has 3 heterocycles. The van der Waals surface area contributed by atoms with Gasteiger partial charge in [-0.15, -0.1) is 0 Å². The molecule has 2 aliphatic rings. The van der Waals surface area contributed by atoms with Crippen LogP contribution in [-0.2, 0) is 6.54 Å². The summed E-state index contributed by atoms with van der Waals surface area (Å²) in [5.74, 6) is 1.78. The topological polar surface area (TPSA) is 59.9 Å². The second-order valence-electron chi connectivity index (χ2n) is 10.7. The average molecular weight is 589 g/mol. The maximum Gasteiger partial charge on any atom is 0.145 e. The highest BCUT2D eigenvalue weighted by Crippen LogP contribution is 2.31. The van der Waals surface area contributed by atoms with Crippen molar-refractivity contribution in [3.8, 4) is 0 Å². The molecule has 1 aromatic heterocycles. The predicted octanol–water partition coefficient (Wildman–Crippen LogP) is 5.99. The second kappa shape index (κ2) is 13.2. The number of hydrogen-bond donors (Lipinski definition) is 1. The van der Waals surface area contributed by atoms with Crippen LogP contribution in [0.3, 0.4) is 0 Å². The van der Waals surface area contributed by atoms with Gasteiger partial charge < -0.3 is 10.2 Å². The van der Waals surface area contributed by atoms with E-state index in [0.29, 0.717) is 0 Å². The zero-order chi connectivity index (χ0) is 28.0. The Balaban J connectivity index is 1.12. The molecule has 0 amide bonds. The van der Waals surface area contributed by atoms with Gasteiger partial charge in [-0.05, 0) is 53.9 Å². The number of halogens is 2. The van der Waals surface area contributed by atoms with Gasteiger partial charge in [-0.1, -0.05) is 59.6 Å². The summed E-state index contributed by atoms with van der Waals surface area (Å²) in [7, 11) is 0. The maximum atomic E-state index is 6.21. The zero-order valence-electron chi connectivity index (χ0n) is 23.1. The number of nitrogens with zero attached hydrogens (tertiary/aromatic N) is 6. The Labute approximate surface area is 251 Å². The number of hydrogen-bond acceptors (Lipinski definition) is 7. The van der Waals surface area contributed by atoms with Crippen molar-refractivity contribution in [1.29, 1.82) is 0 Å². The van der Waals surface area contributed by atoms with Crippen LogP contribution in [0.15, 0.2) is 77.8 Å². The van der Waals surface area contributed by atoms with Gasteiger partial charge in [0.25, 0.3) is 0 Å². The molecule has 1 N–H and O–H groups in total. The number of aromatic nitrogens is 2. The summed E-state index contributed by atoms with van der Waals surface area (Å²) in [5, 5.41) is 6.15. The van der Waals surface area contributed by atoms with E-state index < -0.39 is 0 Å². The van der Waals surface area contributed by atoms with E-state index in [1.807, 2.05) is 42.7 Å². The lowest BCUT2D eigenvalue weighted by molar-refractivity contribution is 0.103. The zero-order valence-corrected chi connectivity index (χ0v) is 24.6. The lowest BCUT2D eigenvalue weighted by atomic mass is 9.96. The Morgan fingerprint density at radius 3 is 2.12 bits per heavy atom. The van der Waals surface area contributed by atoms with Crippen LogP contribution < -0.4 is 5.32 Å². The van der Waals surface area contributed by atoms with E-state index in [9.17, 15) is 0 Å². The van der Waals surface area contributed by atoms with Crippen molar-refractivity contribution >= 4 is 46.3 Å². The first-order chi connectivity index (χ1) is 20.1. The number of rotatable bonds is 10. The Morgan fingerprint density at radius 1 is 0.780 bits per heavy atom. The molecule has 0 radical (unpaired) electrons. The van der Waals surface area contributed by atoms with Crippen LogP contribution in [0.25, 0.3) is 10.9 Å². The highest BCUT2D eigenvalue weighted by Gasteiger charge is 2.27. The number of anilines is 1. The number of piperazine rings is 1. The summed E-state index contributed by atoms with van der Waals surface area (Å²) in [4.78, 5) is 21.5. The largest absolute Gasteiger partial charge is 0.369 e. The Kier molecular flexibility index (Phi) is 8.97. The van der Waals surface area contributed by atoms with E-state index in [1.165, 1.54) is 11.1 Å². The minimum atomic E-state index is 0.145. The molecule has 3 aromatic carbocycles. The lowest BCUT2D eigenvalue weighted by Gasteiger charge is -2.39. The summed E-state index contributed by atoms with van der Waals surface area (Å²) in [5.41, 5.74) is 3.45. The number of fused-ring (bicyclic) bond motifs is 1.